The molecule has 0 radical (unpaired) electrons. The number of hydrogen-bond donors (Lipinski definition) is 0. The summed E-state index contributed by atoms with van der Waals surface area (Å²) in [7, 11) is 0. The van der Waals surface area contributed by atoms with E-state index in [4.69, 9.17) is 19.4 Å². The van der Waals surface area contributed by atoms with E-state index in [1.165, 1.54) is 21.5 Å². The van der Waals surface area contributed by atoms with Crippen molar-refractivity contribution in [1.29, 1.82) is 0 Å². The third-order valence-corrected chi connectivity index (χ3v) is 10.2. The third kappa shape index (κ3) is 4.39. The summed E-state index contributed by atoms with van der Waals surface area (Å²) in [5.41, 5.74) is 7.32. The Morgan fingerprint density at radius 2 is 1.02 bits per heavy atom. The molecule has 3 heterocycles. The molecule has 0 amide bonds. The predicted molar refractivity (Wildman–Crippen MR) is 213 cm³/mol. The molecule has 5 nitrogen and oxygen atoms in total. The van der Waals surface area contributed by atoms with Crippen LogP contribution in [0, 0.1) is 0 Å². The fraction of sp³-hybridized carbons (Fsp3) is 0. The van der Waals surface area contributed by atoms with Crippen LogP contribution in [-0.4, -0.2) is 19.5 Å². The number of aromatic nitrogens is 4. The van der Waals surface area contributed by atoms with Gasteiger partial charge in [0.1, 0.15) is 11.2 Å². The smallest absolute Gasteiger partial charge is 0.170 e. The van der Waals surface area contributed by atoms with Crippen molar-refractivity contribution >= 4 is 65.3 Å². The van der Waals surface area contributed by atoms with Crippen molar-refractivity contribution in [2.75, 3.05) is 0 Å². The number of hydrogen-bond acceptors (Lipinski definition) is 4. The molecule has 5 heteroatoms. The van der Waals surface area contributed by atoms with E-state index in [0.717, 1.165) is 66.1 Å². The molecule has 0 saturated heterocycles. The standard InChI is InChI=1S/C47H28N4O/c1-2-13-30(14-3-1)45-48-46(34-23-22-29-12-4-5-15-31(29)26-34)50-47(49-45)43-40(25-24-37-36-19-9-11-21-42(36)52-44(37)43)51-39-20-10-8-18-35(39)38-27-32-16-6-7-17-33(32)28-41(38)51/h1-28H. The van der Waals surface area contributed by atoms with Crippen LogP contribution >= 0.6 is 0 Å². The Labute approximate surface area is 298 Å². The van der Waals surface area contributed by atoms with Gasteiger partial charge in [0.2, 0.25) is 0 Å². The fourth-order valence-electron chi connectivity index (χ4n) is 7.76. The van der Waals surface area contributed by atoms with Gasteiger partial charge >= 0.3 is 0 Å². The first-order chi connectivity index (χ1) is 25.8. The molecule has 0 bridgehead atoms. The van der Waals surface area contributed by atoms with Gasteiger partial charge in [-0.1, -0.05) is 127 Å². The van der Waals surface area contributed by atoms with Crippen molar-refractivity contribution in [3.63, 3.8) is 0 Å². The van der Waals surface area contributed by atoms with Gasteiger partial charge in [-0.25, -0.2) is 15.0 Å². The number of para-hydroxylation sites is 2. The normalized spacial score (nSPS) is 11.8. The highest BCUT2D eigenvalue weighted by atomic mass is 16.3. The Kier molecular flexibility index (Phi) is 6.18. The molecule has 0 fully saturated rings. The fourth-order valence-corrected chi connectivity index (χ4v) is 7.76. The van der Waals surface area contributed by atoms with Gasteiger partial charge in [0.05, 0.1) is 22.3 Å². The molecule has 0 spiro atoms. The van der Waals surface area contributed by atoms with Gasteiger partial charge in [-0.3, -0.25) is 0 Å². The molecule has 8 aromatic carbocycles. The highest BCUT2D eigenvalue weighted by Crippen LogP contribution is 2.43. The van der Waals surface area contributed by atoms with E-state index in [9.17, 15) is 0 Å². The second-order valence-electron chi connectivity index (χ2n) is 13.2. The lowest BCUT2D eigenvalue weighted by Gasteiger charge is -2.15. The van der Waals surface area contributed by atoms with E-state index in [1.807, 2.05) is 42.5 Å². The summed E-state index contributed by atoms with van der Waals surface area (Å²) in [4.78, 5) is 15.7. The number of nitrogens with zero attached hydrogens (tertiary/aromatic N) is 4. The maximum atomic E-state index is 6.81. The lowest BCUT2D eigenvalue weighted by Crippen LogP contribution is -2.04. The van der Waals surface area contributed by atoms with Gasteiger partial charge in [-0.2, -0.15) is 0 Å². The summed E-state index contributed by atoms with van der Waals surface area (Å²) in [6.45, 7) is 0. The Morgan fingerprint density at radius 1 is 0.385 bits per heavy atom. The maximum absolute atomic E-state index is 6.81. The Hall–Kier alpha value is -7.11. The first-order valence-electron chi connectivity index (χ1n) is 17.4. The average molecular weight is 665 g/mol. The highest BCUT2D eigenvalue weighted by molar-refractivity contribution is 6.16. The van der Waals surface area contributed by atoms with Crippen molar-refractivity contribution in [1.82, 2.24) is 19.5 Å². The lowest BCUT2D eigenvalue weighted by atomic mass is 10.0. The van der Waals surface area contributed by atoms with Gasteiger partial charge in [-0.15, -0.1) is 0 Å². The molecular formula is C47H28N4O. The molecule has 11 aromatic rings. The summed E-state index contributed by atoms with van der Waals surface area (Å²) in [6.07, 6.45) is 0. The van der Waals surface area contributed by atoms with Crippen molar-refractivity contribution in [3.8, 4) is 39.9 Å². The SMILES string of the molecule is c1ccc(-c2nc(-c3ccc4ccccc4c3)nc(-c3c(-n4c5ccccc5c5cc6ccccc6cc54)ccc4c3oc3ccccc34)n2)cc1. The molecule has 52 heavy (non-hydrogen) atoms. The van der Waals surface area contributed by atoms with Crippen LogP contribution in [0.2, 0.25) is 0 Å². The molecule has 0 unspecified atom stereocenters. The molecule has 242 valence electrons. The zero-order chi connectivity index (χ0) is 34.2. The minimum Gasteiger partial charge on any atom is -0.455 e. The van der Waals surface area contributed by atoms with Crippen LogP contribution in [0.15, 0.2) is 174 Å². The molecule has 0 aliphatic rings. The van der Waals surface area contributed by atoms with Crippen molar-refractivity contribution < 1.29 is 4.42 Å². The van der Waals surface area contributed by atoms with Crippen molar-refractivity contribution in [2.45, 2.75) is 0 Å². The van der Waals surface area contributed by atoms with Crippen LogP contribution in [0.4, 0.5) is 0 Å². The van der Waals surface area contributed by atoms with Gasteiger partial charge in [-0.05, 0) is 64.0 Å². The summed E-state index contributed by atoms with van der Waals surface area (Å²) in [6, 6.07) is 59.2. The topological polar surface area (TPSA) is 56.7 Å². The minimum atomic E-state index is 0.545. The number of furan rings is 1. The highest BCUT2D eigenvalue weighted by Gasteiger charge is 2.24. The molecular weight excluding hydrogens is 637 g/mol. The van der Waals surface area contributed by atoms with E-state index in [-0.39, 0.29) is 0 Å². The van der Waals surface area contributed by atoms with Crippen LogP contribution in [0.25, 0.3) is 105 Å². The Morgan fingerprint density at radius 3 is 1.85 bits per heavy atom. The number of fused-ring (bicyclic) bond motifs is 8. The molecule has 3 aromatic heterocycles. The van der Waals surface area contributed by atoms with Crippen LogP contribution in [0.3, 0.4) is 0 Å². The van der Waals surface area contributed by atoms with E-state index in [2.05, 4.69) is 132 Å². The van der Waals surface area contributed by atoms with Crippen LogP contribution < -0.4 is 0 Å². The monoisotopic (exact) mass is 664 g/mol. The van der Waals surface area contributed by atoms with Gasteiger partial charge in [0.15, 0.2) is 17.5 Å². The molecule has 11 rings (SSSR count). The largest absolute Gasteiger partial charge is 0.455 e. The van der Waals surface area contributed by atoms with Crippen molar-refractivity contribution in [3.05, 3.63) is 170 Å². The Balaban J connectivity index is 1.28. The second kappa shape index (κ2) is 11.2. The minimum absolute atomic E-state index is 0.545. The predicted octanol–water partition coefficient (Wildman–Crippen LogP) is 12.2. The van der Waals surface area contributed by atoms with Crippen molar-refractivity contribution in [2.24, 2.45) is 0 Å². The lowest BCUT2D eigenvalue weighted by molar-refractivity contribution is 0.669. The zero-order valence-electron chi connectivity index (χ0n) is 27.9. The zero-order valence-corrected chi connectivity index (χ0v) is 27.9. The summed E-state index contributed by atoms with van der Waals surface area (Å²) in [5.74, 6) is 1.74. The molecule has 0 aliphatic heterocycles. The second-order valence-corrected chi connectivity index (χ2v) is 13.2. The molecule has 0 aliphatic carbocycles. The van der Waals surface area contributed by atoms with Gasteiger partial charge < -0.3 is 8.98 Å². The van der Waals surface area contributed by atoms with Crippen LogP contribution in [-0.2, 0) is 0 Å². The maximum Gasteiger partial charge on any atom is 0.170 e. The Bertz CT molecular complexity index is 3190. The summed E-state index contributed by atoms with van der Waals surface area (Å²) >= 11 is 0. The first kappa shape index (κ1) is 28.7. The molecule has 0 saturated carbocycles. The number of rotatable bonds is 4. The molecule has 0 atom stereocenters. The van der Waals surface area contributed by atoms with Crippen LogP contribution in [0.1, 0.15) is 0 Å². The molecule has 0 N–H and O–H groups in total. The quantitative estimate of drug-likeness (QED) is 0.188. The van der Waals surface area contributed by atoms with E-state index in [1.54, 1.807) is 0 Å². The van der Waals surface area contributed by atoms with E-state index < -0.39 is 0 Å². The summed E-state index contributed by atoms with van der Waals surface area (Å²) < 4.78 is 9.15. The van der Waals surface area contributed by atoms with E-state index in [0.29, 0.717) is 17.5 Å². The van der Waals surface area contributed by atoms with E-state index >= 15 is 0 Å². The van der Waals surface area contributed by atoms with Crippen LogP contribution in [0.5, 0.6) is 0 Å². The average Bonchev–Trinajstić information content (AvgIpc) is 3.75. The summed E-state index contributed by atoms with van der Waals surface area (Å²) in [5, 5.41) is 9.09. The van der Waals surface area contributed by atoms with Gasteiger partial charge in [0, 0.05) is 32.7 Å². The van der Waals surface area contributed by atoms with Gasteiger partial charge in [0.25, 0.3) is 0 Å². The first-order valence-corrected chi connectivity index (χ1v) is 17.4. The number of benzene rings is 8. The third-order valence-electron chi connectivity index (χ3n) is 10.2.